The highest BCUT2D eigenvalue weighted by molar-refractivity contribution is 7.99. The summed E-state index contributed by atoms with van der Waals surface area (Å²) < 4.78 is 0. The average Bonchev–Trinajstić information content (AvgIpc) is 2.66. The number of nitrogens with one attached hydrogen (secondary N) is 1. The lowest BCUT2D eigenvalue weighted by Gasteiger charge is -2.27. The van der Waals surface area contributed by atoms with Crippen LogP contribution in [0.2, 0.25) is 0 Å². The Morgan fingerprint density at radius 3 is 2.88 bits per heavy atom. The van der Waals surface area contributed by atoms with E-state index in [4.69, 9.17) is 0 Å². The molecule has 17 heavy (non-hydrogen) atoms. The summed E-state index contributed by atoms with van der Waals surface area (Å²) in [4.78, 5) is 2.54. The minimum atomic E-state index is 0.419. The Morgan fingerprint density at radius 2 is 2.06 bits per heavy atom. The van der Waals surface area contributed by atoms with E-state index in [1.807, 2.05) is 7.05 Å². The molecular weight excluding hydrogens is 228 g/mol. The lowest BCUT2D eigenvalue weighted by atomic mass is 10.1. The van der Waals surface area contributed by atoms with Crippen molar-refractivity contribution in [2.75, 3.05) is 36.5 Å². The van der Waals surface area contributed by atoms with Gasteiger partial charge in [0.25, 0.3) is 0 Å². The molecule has 1 N–H and O–H groups in total. The van der Waals surface area contributed by atoms with Gasteiger partial charge in [0.2, 0.25) is 0 Å². The summed E-state index contributed by atoms with van der Waals surface area (Å²) in [6, 6.07) is 9.22. The molecule has 1 heterocycles. The maximum absolute atomic E-state index is 3.34. The largest absolute Gasteiger partial charge is 0.370 e. The number of thioether (sulfide) groups is 1. The molecule has 94 valence electrons. The molecular formula is C14H22N2S. The standard InChI is InChI=1S/C14H22N2S/c1-12(15-2)13-6-3-4-7-14(13)16-8-5-10-17-11-9-16/h3-4,6-7,12,15H,5,8-11H2,1-2H3. The Kier molecular flexibility index (Phi) is 4.75. The van der Waals surface area contributed by atoms with Gasteiger partial charge in [-0.2, -0.15) is 11.8 Å². The third-order valence-corrected chi connectivity index (χ3v) is 4.45. The van der Waals surface area contributed by atoms with Crippen molar-refractivity contribution in [3.05, 3.63) is 29.8 Å². The van der Waals surface area contributed by atoms with Gasteiger partial charge in [0, 0.05) is 30.6 Å². The molecule has 1 fully saturated rings. The summed E-state index contributed by atoms with van der Waals surface area (Å²) in [6.45, 7) is 4.60. The normalized spacial score (nSPS) is 18.8. The van der Waals surface area contributed by atoms with E-state index in [2.05, 4.69) is 53.2 Å². The maximum atomic E-state index is 3.34. The first-order valence-corrected chi connectivity index (χ1v) is 7.57. The monoisotopic (exact) mass is 250 g/mol. The van der Waals surface area contributed by atoms with E-state index in [1.165, 1.54) is 42.3 Å². The molecule has 2 nitrogen and oxygen atoms in total. The van der Waals surface area contributed by atoms with Gasteiger partial charge < -0.3 is 10.2 Å². The number of rotatable bonds is 3. The van der Waals surface area contributed by atoms with Gasteiger partial charge in [-0.15, -0.1) is 0 Å². The van der Waals surface area contributed by atoms with Crippen molar-refractivity contribution in [3.63, 3.8) is 0 Å². The lowest BCUT2D eigenvalue weighted by Crippen LogP contribution is -2.28. The van der Waals surface area contributed by atoms with Gasteiger partial charge in [0.05, 0.1) is 0 Å². The highest BCUT2D eigenvalue weighted by Gasteiger charge is 2.15. The van der Waals surface area contributed by atoms with Crippen LogP contribution in [0.4, 0.5) is 5.69 Å². The molecule has 1 aliphatic rings. The van der Waals surface area contributed by atoms with Gasteiger partial charge in [0.15, 0.2) is 0 Å². The summed E-state index contributed by atoms with van der Waals surface area (Å²) in [6.07, 6.45) is 1.30. The van der Waals surface area contributed by atoms with E-state index < -0.39 is 0 Å². The number of benzene rings is 1. The van der Waals surface area contributed by atoms with Crippen LogP contribution in [0.5, 0.6) is 0 Å². The van der Waals surface area contributed by atoms with Crippen LogP contribution in [0, 0.1) is 0 Å². The van der Waals surface area contributed by atoms with Crippen LogP contribution in [-0.2, 0) is 0 Å². The first-order chi connectivity index (χ1) is 8.33. The van der Waals surface area contributed by atoms with Crippen LogP contribution in [0.25, 0.3) is 0 Å². The van der Waals surface area contributed by atoms with Gasteiger partial charge >= 0.3 is 0 Å². The molecule has 2 rings (SSSR count). The maximum Gasteiger partial charge on any atom is 0.0414 e. The zero-order valence-electron chi connectivity index (χ0n) is 10.8. The predicted molar refractivity (Wildman–Crippen MR) is 78.1 cm³/mol. The van der Waals surface area contributed by atoms with Gasteiger partial charge in [-0.25, -0.2) is 0 Å². The van der Waals surface area contributed by atoms with Crippen molar-refractivity contribution >= 4 is 17.4 Å². The number of hydrogen-bond donors (Lipinski definition) is 1. The van der Waals surface area contributed by atoms with Crippen LogP contribution >= 0.6 is 11.8 Å². The van der Waals surface area contributed by atoms with Crippen molar-refractivity contribution < 1.29 is 0 Å². The second kappa shape index (κ2) is 6.31. The molecule has 0 spiro atoms. The molecule has 0 amide bonds. The Bertz CT molecular complexity index is 346. The highest BCUT2D eigenvalue weighted by Crippen LogP contribution is 2.27. The first-order valence-electron chi connectivity index (χ1n) is 6.42. The molecule has 1 aromatic rings. The van der Waals surface area contributed by atoms with Gasteiger partial charge in [-0.3, -0.25) is 0 Å². The third-order valence-electron chi connectivity index (χ3n) is 3.40. The molecule has 3 heteroatoms. The van der Waals surface area contributed by atoms with Crippen LogP contribution in [0.3, 0.4) is 0 Å². The number of hydrogen-bond acceptors (Lipinski definition) is 3. The molecule has 0 bridgehead atoms. The van der Waals surface area contributed by atoms with Crippen LogP contribution < -0.4 is 10.2 Å². The summed E-state index contributed by atoms with van der Waals surface area (Å²) in [7, 11) is 2.03. The van der Waals surface area contributed by atoms with E-state index in [9.17, 15) is 0 Å². The highest BCUT2D eigenvalue weighted by atomic mass is 32.2. The fourth-order valence-electron chi connectivity index (χ4n) is 2.28. The van der Waals surface area contributed by atoms with E-state index in [0.717, 1.165) is 0 Å². The predicted octanol–water partition coefficient (Wildman–Crippen LogP) is 2.91. The number of anilines is 1. The quantitative estimate of drug-likeness (QED) is 0.888. The first kappa shape index (κ1) is 12.8. The van der Waals surface area contributed by atoms with Gasteiger partial charge in [0.1, 0.15) is 0 Å². The lowest BCUT2D eigenvalue weighted by molar-refractivity contribution is 0.647. The summed E-state index contributed by atoms with van der Waals surface area (Å²) in [5.41, 5.74) is 2.83. The van der Waals surface area contributed by atoms with Gasteiger partial charge in [-0.05, 0) is 37.8 Å². The molecule has 0 aromatic heterocycles. The molecule has 1 aliphatic heterocycles. The van der Waals surface area contributed by atoms with Crippen molar-refractivity contribution in [2.24, 2.45) is 0 Å². The molecule has 1 aromatic carbocycles. The SMILES string of the molecule is CNC(C)c1ccccc1N1CCCSCC1. The molecule has 0 radical (unpaired) electrons. The van der Waals surface area contributed by atoms with Crippen LogP contribution in [-0.4, -0.2) is 31.6 Å². The van der Waals surface area contributed by atoms with Crippen molar-refractivity contribution in [3.8, 4) is 0 Å². The fraction of sp³-hybridized carbons (Fsp3) is 0.571. The Balaban J connectivity index is 2.23. The average molecular weight is 250 g/mol. The van der Waals surface area contributed by atoms with E-state index in [0.29, 0.717) is 6.04 Å². The van der Waals surface area contributed by atoms with Crippen molar-refractivity contribution in [1.29, 1.82) is 0 Å². The summed E-state index contributed by atoms with van der Waals surface area (Å²) >= 11 is 2.08. The minimum absolute atomic E-state index is 0.419. The summed E-state index contributed by atoms with van der Waals surface area (Å²) in [5, 5.41) is 3.34. The molecule has 1 saturated heterocycles. The van der Waals surface area contributed by atoms with Crippen LogP contribution in [0.1, 0.15) is 24.9 Å². The zero-order chi connectivity index (χ0) is 12.1. The smallest absolute Gasteiger partial charge is 0.0414 e. The second-order valence-corrected chi connectivity index (χ2v) is 5.75. The Morgan fingerprint density at radius 1 is 1.24 bits per heavy atom. The van der Waals surface area contributed by atoms with Gasteiger partial charge in [-0.1, -0.05) is 18.2 Å². The topological polar surface area (TPSA) is 15.3 Å². The minimum Gasteiger partial charge on any atom is -0.370 e. The van der Waals surface area contributed by atoms with Crippen LogP contribution in [0.15, 0.2) is 24.3 Å². The number of nitrogens with zero attached hydrogens (tertiary/aromatic N) is 1. The van der Waals surface area contributed by atoms with E-state index in [1.54, 1.807) is 0 Å². The Labute approximate surface area is 109 Å². The number of para-hydroxylation sites is 1. The third kappa shape index (κ3) is 3.17. The van der Waals surface area contributed by atoms with Crippen molar-refractivity contribution in [1.82, 2.24) is 5.32 Å². The van der Waals surface area contributed by atoms with Crippen molar-refractivity contribution in [2.45, 2.75) is 19.4 Å². The molecule has 0 saturated carbocycles. The summed E-state index contributed by atoms with van der Waals surface area (Å²) in [5.74, 6) is 2.56. The van der Waals surface area contributed by atoms with E-state index >= 15 is 0 Å². The Hall–Kier alpha value is -0.670. The molecule has 1 atom stereocenters. The fourth-order valence-corrected chi connectivity index (χ4v) is 3.17. The zero-order valence-corrected chi connectivity index (χ0v) is 11.6. The molecule has 0 aliphatic carbocycles. The van der Waals surface area contributed by atoms with E-state index in [-0.39, 0.29) is 0 Å². The second-order valence-electron chi connectivity index (χ2n) is 4.52. The molecule has 1 unspecified atom stereocenters.